The maximum atomic E-state index is 14.4. The van der Waals surface area contributed by atoms with Crippen LogP contribution in [0.15, 0.2) is 48.7 Å². The SMILES string of the molecule is COc1cc(C(=O)NCC(O)(c2cc(C(C)(C)N)cc(-c3ccc(I)nc3)n2)C(F)(F)F)ccc1OC1CC1. The maximum Gasteiger partial charge on any atom is 0.424 e. The van der Waals surface area contributed by atoms with E-state index in [1.807, 2.05) is 22.6 Å². The Labute approximate surface area is 237 Å². The zero-order valence-corrected chi connectivity index (χ0v) is 23.6. The fourth-order valence-electron chi connectivity index (χ4n) is 3.71. The van der Waals surface area contributed by atoms with Crippen LogP contribution in [-0.4, -0.2) is 46.9 Å². The van der Waals surface area contributed by atoms with Gasteiger partial charge in [-0.2, -0.15) is 13.2 Å². The van der Waals surface area contributed by atoms with Gasteiger partial charge in [0.1, 0.15) is 3.70 Å². The van der Waals surface area contributed by atoms with Crippen LogP contribution in [0, 0.1) is 3.70 Å². The molecule has 4 rings (SSSR count). The number of halogens is 4. The van der Waals surface area contributed by atoms with Gasteiger partial charge in [-0.1, -0.05) is 0 Å². The predicted octanol–water partition coefficient (Wildman–Crippen LogP) is 4.67. The molecule has 2 heterocycles. The highest BCUT2D eigenvalue weighted by Crippen LogP contribution is 2.40. The summed E-state index contributed by atoms with van der Waals surface area (Å²) in [6.07, 6.45) is -1.80. The van der Waals surface area contributed by atoms with Gasteiger partial charge >= 0.3 is 6.18 Å². The summed E-state index contributed by atoms with van der Waals surface area (Å²) in [6, 6.07) is 10.3. The van der Waals surface area contributed by atoms with Gasteiger partial charge in [-0.15, -0.1) is 0 Å². The van der Waals surface area contributed by atoms with E-state index in [1.54, 1.807) is 32.0 Å². The molecule has 1 aliphatic rings. The summed E-state index contributed by atoms with van der Waals surface area (Å²) >= 11 is 2.01. The number of carbonyl (C=O) groups excluding carboxylic acids is 1. The Morgan fingerprint density at radius 3 is 2.44 bits per heavy atom. The quantitative estimate of drug-likeness (QED) is 0.226. The Hall–Kier alpha value is -2.97. The minimum absolute atomic E-state index is 0.0370. The molecule has 0 bridgehead atoms. The average molecular weight is 656 g/mol. The van der Waals surface area contributed by atoms with Gasteiger partial charge < -0.3 is 25.6 Å². The summed E-state index contributed by atoms with van der Waals surface area (Å²) in [6.45, 7) is 2.06. The second-order valence-corrected chi connectivity index (χ2v) is 11.0. The van der Waals surface area contributed by atoms with E-state index in [4.69, 9.17) is 15.2 Å². The topological polar surface area (TPSA) is 120 Å². The first-order valence-corrected chi connectivity index (χ1v) is 13.1. The first-order chi connectivity index (χ1) is 18.2. The number of aliphatic hydroxyl groups is 1. The highest BCUT2D eigenvalue weighted by molar-refractivity contribution is 14.1. The van der Waals surface area contributed by atoms with Crippen LogP contribution in [0.4, 0.5) is 13.2 Å². The van der Waals surface area contributed by atoms with Gasteiger partial charge in [0.15, 0.2) is 11.5 Å². The molecule has 3 aromatic rings. The number of rotatable bonds is 9. The summed E-state index contributed by atoms with van der Waals surface area (Å²) < 4.78 is 55.0. The second-order valence-electron chi connectivity index (χ2n) is 9.94. The zero-order valence-electron chi connectivity index (χ0n) is 21.5. The molecular formula is C27H28F3IN4O4. The number of methoxy groups -OCH3 is 1. The molecule has 1 fully saturated rings. The maximum absolute atomic E-state index is 14.4. The van der Waals surface area contributed by atoms with Crippen molar-refractivity contribution >= 4 is 28.5 Å². The van der Waals surface area contributed by atoms with Crippen LogP contribution >= 0.6 is 22.6 Å². The number of nitrogens with two attached hydrogens (primary N) is 1. The molecule has 1 amide bonds. The third-order valence-corrected chi connectivity index (χ3v) is 6.87. The van der Waals surface area contributed by atoms with Crippen molar-refractivity contribution in [1.82, 2.24) is 15.3 Å². The van der Waals surface area contributed by atoms with Crippen molar-refractivity contribution in [3.8, 4) is 22.8 Å². The molecule has 0 aliphatic heterocycles. The van der Waals surface area contributed by atoms with E-state index in [2.05, 4.69) is 15.3 Å². The number of nitrogens with zero attached hydrogens (tertiary/aromatic N) is 2. The molecule has 1 atom stereocenters. The number of ether oxygens (including phenoxy) is 2. The lowest BCUT2D eigenvalue weighted by molar-refractivity contribution is -0.265. The monoisotopic (exact) mass is 656 g/mol. The molecule has 208 valence electrons. The van der Waals surface area contributed by atoms with Crippen molar-refractivity contribution in [1.29, 1.82) is 0 Å². The van der Waals surface area contributed by atoms with Crippen LogP contribution in [0.2, 0.25) is 0 Å². The molecule has 8 nitrogen and oxygen atoms in total. The summed E-state index contributed by atoms with van der Waals surface area (Å²) in [5.74, 6) is -0.131. The number of hydrogen-bond acceptors (Lipinski definition) is 7. The van der Waals surface area contributed by atoms with Crippen molar-refractivity contribution in [2.45, 2.75) is 50.1 Å². The lowest BCUT2D eigenvalue weighted by Crippen LogP contribution is -2.51. The van der Waals surface area contributed by atoms with Crippen LogP contribution in [-0.2, 0) is 11.1 Å². The molecule has 0 spiro atoms. The number of pyridine rings is 2. The minimum atomic E-state index is -5.19. The van der Waals surface area contributed by atoms with E-state index < -0.39 is 35.5 Å². The molecule has 0 saturated heterocycles. The average Bonchev–Trinajstić information content (AvgIpc) is 3.70. The van der Waals surface area contributed by atoms with E-state index in [1.165, 1.54) is 31.5 Å². The van der Waals surface area contributed by atoms with Gasteiger partial charge in [0, 0.05) is 22.9 Å². The number of aromatic nitrogens is 2. The standard InChI is InChI=1S/C27H28F3IN4O4/c1-25(2,32)17-11-19(16-5-9-23(31)33-13-16)35-22(12-17)26(37,27(28,29)30)14-34-24(36)15-4-8-20(21(10-15)38-3)39-18-6-7-18/h4-5,8-13,18,37H,6-7,14,32H2,1-3H3,(H,34,36). The van der Waals surface area contributed by atoms with E-state index in [0.717, 1.165) is 18.9 Å². The third-order valence-electron chi connectivity index (χ3n) is 6.23. The first kappa shape index (κ1) is 29.0. The van der Waals surface area contributed by atoms with Crippen molar-refractivity contribution in [3.63, 3.8) is 0 Å². The van der Waals surface area contributed by atoms with Crippen molar-refractivity contribution in [2.24, 2.45) is 5.73 Å². The van der Waals surface area contributed by atoms with Crippen molar-refractivity contribution in [2.75, 3.05) is 13.7 Å². The van der Waals surface area contributed by atoms with E-state index >= 15 is 0 Å². The summed E-state index contributed by atoms with van der Waals surface area (Å²) in [5.41, 5.74) is 1.88. The van der Waals surface area contributed by atoms with Crippen LogP contribution in [0.5, 0.6) is 11.5 Å². The molecule has 2 aromatic heterocycles. The fraction of sp³-hybridized carbons (Fsp3) is 0.370. The van der Waals surface area contributed by atoms with Crippen LogP contribution < -0.4 is 20.5 Å². The number of alkyl halides is 3. The lowest BCUT2D eigenvalue weighted by atomic mass is 9.89. The zero-order chi connectivity index (χ0) is 28.6. The number of benzene rings is 1. The van der Waals surface area contributed by atoms with Crippen LogP contribution in [0.25, 0.3) is 11.3 Å². The molecule has 1 unspecified atom stereocenters. The first-order valence-electron chi connectivity index (χ1n) is 12.1. The molecule has 4 N–H and O–H groups in total. The number of nitrogens with one attached hydrogen (secondary N) is 1. The summed E-state index contributed by atoms with van der Waals surface area (Å²) in [4.78, 5) is 21.2. The molecule has 39 heavy (non-hydrogen) atoms. The lowest BCUT2D eigenvalue weighted by Gasteiger charge is -2.32. The number of hydrogen-bond donors (Lipinski definition) is 3. The molecule has 1 aliphatic carbocycles. The van der Waals surface area contributed by atoms with Gasteiger partial charge in [0.05, 0.1) is 31.1 Å². The van der Waals surface area contributed by atoms with Gasteiger partial charge in [-0.05, 0) is 97.3 Å². The summed E-state index contributed by atoms with van der Waals surface area (Å²) in [5, 5.41) is 13.3. The molecule has 1 saturated carbocycles. The smallest absolute Gasteiger partial charge is 0.424 e. The van der Waals surface area contributed by atoms with Gasteiger partial charge in [-0.3, -0.25) is 4.79 Å². The Balaban J connectivity index is 1.67. The molecule has 1 aromatic carbocycles. The van der Waals surface area contributed by atoms with Crippen LogP contribution in [0.3, 0.4) is 0 Å². The van der Waals surface area contributed by atoms with E-state index in [0.29, 0.717) is 20.6 Å². The third kappa shape index (κ3) is 6.61. The van der Waals surface area contributed by atoms with Crippen molar-refractivity contribution in [3.05, 3.63) is 69.2 Å². The summed E-state index contributed by atoms with van der Waals surface area (Å²) in [7, 11) is 1.40. The van der Waals surface area contributed by atoms with E-state index in [-0.39, 0.29) is 23.1 Å². The largest absolute Gasteiger partial charge is 0.493 e. The van der Waals surface area contributed by atoms with E-state index in [9.17, 15) is 23.1 Å². The van der Waals surface area contributed by atoms with Crippen LogP contribution in [0.1, 0.15) is 48.3 Å². The van der Waals surface area contributed by atoms with Crippen molar-refractivity contribution < 1.29 is 32.5 Å². The minimum Gasteiger partial charge on any atom is -0.493 e. The Bertz CT molecular complexity index is 1360. The Morgan fingerprint density at radius 2 is 1.87 bits per heavy atom. The second kappa shape index (κ2) is 10.9. The molecular weight excluding hydrogens is 628 g/mol. The normalized spacial score (nSPS) is 15.4. The van der Waals surface area contributed by atoms with Gasteiger partial charge in [-0.25, -0.2) is 9.97 Å². The molecule has 12 heteroatoms. The van der Waals surface area contributed by atoms with Gasteiger partial charge in [0.2, 0.25) is 5.60 Å². The highest BCUT2D eigenvalue weighted by atomic mass is 127. The fourth-order valence-corrected chi connectivity index (χ4v) is 4.03. The highest BCUT2D eigenvalue weighted by Gasteiger charge is 2.56. The predicted molar refractivity (Wildman–Crippen MR) is 146 cm³/mol. The Kier molecular flexibility index (Phi) is 8.11. The Morgan fingerprint density at radius 1 is 1.15 bits per heavy atom. The molecule has 0 radical (unpaired) electrons. The van der Waals surface area contributed by atoms with Gasteiger partial charge in [0.25, 0.3) is 5.91 Å². The number of carbonyl (C=O) groups is 1. The number of amides is 1.